The highest BCUT2D eigenvalue weighted by atomic mass is 35.5. The van der Waals surface area contributed by atoms with Crippen LogP contribution in [0.3, 0.4) is 0 Å². The molecule has 1 aromatic heterocycles. The summed E-state index contributed by atoms with van der Waals surface area (Å²) in [6, 6.07) is 11.9. The molecule has 2 aromatic rings. The number of rotatable bonds is 5. The predicted octanol–water partition coefficient (Wildman–Crippen LogP) is 4.41. The number of nitrogens with two attached hydrogens (primary N) is 1. The van der Waals surface area contributed by atoms with Crippen molar-refractivity contribution in [2.24, 2.45) is 5.73 Å². The van der Waals surface area contributed by atoms with Crippen molar-refractivity contribution in [2.75, 3.05) is 0 Å². The SMILES string of the molecule is NC(CCCc1ccccc1)c1ncc(Cl)cc1Cl. The fraction of sp³-hybridized carbons (Fsp3) is 0.267. The van der Waals surface area contributed by atoms with E-state index in [1.807, 2.05) is 18.2 Å². The summed E-state index contributed by atoms with van der Waals surface area (Å²) in [6.07, 6.45) is 4.45. The van der Waals surface area contributed by atoms with Crippen LogP contribution < -0.4 is 5.73 Å². The second-order valence-corrected chi connectivity index (χ2v) is 5.35. The second kappa shape index (κ2) is 6.90. The van der Waals surface area contributed by atoms with Crippen molar-refractivity contribution in [3.05, 3.63) is 63.9 Å². The van der Waals surface area contributed by atoms with Crippen LogP contribution in [0.1, 0.15) is 30.1 Å². The number of nitrogens with zero attached hydrogens (tertiary/aromatic N) is 1. The molecule has 1 atom stereocenters. The van der Waals surface area contributed by atoms with E-state index in [0.29, 0.717) is 10.0 Å². The predicted molar refractivity (Wildman–Crippen MR) is 80.6 cm³/mol. The third kappa shape index (κ3) is 4.20. The van der Waals surface area contributed by atoms with Gasteiger partial charge in [-0.1, -0.05) is 53.5 Å². The van der Waals surface area contributed by atoms with Crippen molar-refractivity contribution < 1.29 is 0 Å². The Bertz CT molecular complexity index is 529. The van der Waals surface area contributed by atoms with Crippen LogP contribution in [0.2, 0.25) is 10.0 Å². The third-order valence-electron chi connectivity index (χ3n) is 3.01. The molecule has 0 fully saturated rings. The van der Waals surface area contributed by atoms with Crippen molar-refractivity contribution in [1.82, 2.24) is 4.98 Å². The van der Waals surface area contributed by atoms with Gasteiger partial charge in [-0.2, -0.15) is 0 Å². The highest BCUT2D eigenvalue weighted by Crippen LogP contribution is 2.25. The van der Waals surface area contributed by atoms with Crippen molar-refractivity contribution in [3.8, 4) is 0 Å². The van der Waals surface area contributed by atoms with E-state index >= 15 is 0 Å². The zero-order chi connectivity index (χ0) is 13.7. The first-order valence-electron chi connectivity index (χ1n) is 6.27. The summed E-state index contributed by atoms with van der Waals surface area (Å²) in [5, 5.41) is 1.07. The summed E-state index contributed by atoms with van der Waals surface area (Å²) in [6.45, 7) is 0. The molecule has 0 amide bonds. The molecule has 0 bridgehead atoms. The Hall–Kier alpha value is -1.09. The summed E-state index contributed by atoms with van der Waals surface area (Å²) < 4.78 is 0. The van der Waals surface area contributed by atoms with Gasteiger partial charge in [-0.15, -0.1) is 0 Å². The van der Waals surface area contributed by atoms with Crippen LogP contribution in [0.4, 0.5) is 0 Å². The highest BCUT2D eigenvalue weighted by Gasteiger charge is 2.12. The molecule has 0 radical (unpaired) electrons. The zero-order valence-corrected chi connectivity index (χ0v) is 12.0. The summed E-state index contributed by atoms with van der Waals surface area (Å²) >= 11 is 11.9. The van der Waals surface area contributed by atoms with E-state index < -0.39 is 0 Å². The lowest BCUT2D eigenvalue weighted by molar-refractivity contribution is 0.598. The van der Waals surface area contributed by atoms with Gasteiger partial charge in [0, 0.05) is 12.2 Å². The standard InChI is InChI=1S/C15H16Cl2N2/c16-12-9-13(17)15(19-10-12)14(18)8-4-7-11-5-2-1-3-6-11/h1-3,5-6,9-10,14H,4,7-8,18H2. The maximum Gasteiger partial charge on any atom is 0.0757 e. The topological polar surface area (TPSA) is 38.9 Å². The third-order valence-corrected chi connectivity index (χ3v) is 3.52. The minimum Gasteiger partial charge on any atom is -0.323 e. The second-order valence-electron chi connectivity index (χ2n) is 4.50. The highest BCUT2D eigenvalue weighted by molar-refractivity contribution is 6.34. The van der Waals surface area contributed by atoms with Crippen molar-refractivity contribution >= 4 is 23.2 Å². The first-order valence-corrected chi connectivity index (χ1v) is 7.03. The minimum absolute atomic E-state index is 0.145. The zero-order valence-electron chi connectivity index (χ0n) is 10.5. The van der Waals surface area contributed by atoms with Gasteiger partial charge in [0.1, 0.15) is 0 Å². The van der Waals surface area contributed by atoms with Crippen LogP contribution in [0.5, 0.6) is 0 Å². The van der Waals surface area contributed by atoms with E-state index in [4.69, 9.17) is 28.9 Å². The van der Waals surface area contributed by atoms with Gasteiger partial charge in [-0.05, 0) is 30.9 Å². The molecular formula is C15H16Cl2N2. The average Bonchev–Trinajstić information content (AvgIpc) is 2.39. The number of pyridine rings is 1. The molecule has 100 valence electrons. The Morgan fingerprint density at radius 1 is 1.16 bits per heavy atom. The smallest absolute Gasteiger partial charge is 0.0757 e. The van der Waals surface area contributed by atoms with Gasteiger partial charge in [-0.3, -0.25) is 4.98 Å². The molecule has 0 aliphatic rings. The van der Waals surface area contributed by atoms with Gasteiger partial charge in [0.15, 0.2) is 0 Å². The van der Waals surface area contributed by atoms with Crippen LogP contribution in [0, 0.1) is 0 Å². The summed E-state index contributed by atoms with van der Waals surface area (Å²) in [5.74, 6) is 0. The summed E-state index contributed by atoms with van der Waals surface area (Å²) in [4.78, 5) is 4.21. The maximum absolute atomic E-state index is 6.12. The molecule has 1 aromatic carbocycles. The number of aryl methyl sites for hydroxylation is 1. The average molecular weight is 295 g/mol. The number of hydrogen-bond donors (Lipinski definition) is 1. The van der Waals surface area contributed by atoms with Gasteiger partial charge in [0.25, 0.3) is 0 Å². The first kappa shape index (κ1) is 14.3. The molecule has 0 aliphatic heterocycles. The lowest BCUT2D eigenvalue weighted by Gasteiger charge is -2.12. The fourth-order valence-electron chi connectivity index (χ4n) is 2.01. The Balaban J connectivity index is 1.89. The van der Waals surface area contributed by atoms with E-state index in [1.165, 1.54) is 5.56 Å². The lowest BCUT2D eigenvalue weighted by Crippen LogP contribution is -2.13. The molecule has 0 saturated carbocycles. The van der Waals surface area contributed by atoms with E-state index in [2.05, 4.69) is 17.1 Å². The Morgan fingerprint density at radius 3 is 2.58 bits per heavy atom. The largest absolute Gasteiger partial charge is 0.323 e. The molecule has 1 heterocycles. The molecule has 0 aliphatic carbocycles. The fourth-order valence-corrected chi connectivity index (χ4v) is 2.53. The molecule has 2 nitrogen and oxygen atoms in total. The minimum atomic E-state index is -0.145. The van der Waals surface area contributed by atoms with Crippen LogP contribution in [0.25, 0.3) is 0 Å². The van der Waals surface area contributed by atoms with E-state index in [1.54, 1.807) is 12.3 Å². The number of hydrogen-bond acceptors (Lipinski definition) is 2. The van der Waals surface area contributed by atoms with Crippen molar-refractivity contribution in [3.63, 3.8) is 0 Å². The molecule has 4 heteroatoms. The van der Waals surface area contributed by atoms with Gasteiger partial charge in [-0.25, -0.2) is 0 Å². The number of benzene rings is 1. The van der Waals surface area contributed by atoms with E-state index in [9.17, 15) is 0 Å². The van der Waals surface area contributed by atoms with Crippen LogP contribution in [-0.4, -0.2) is 4.98 Å². The summed E-state index contributed by atoms with van der Waals surface area (Å²) in [5.41, 5.74) is 8.17. The van der Waals surface area contributed by atoms with Crippen LogP contribution in [-0.2, 0) is 6.42 Å². The van der Waals surface area contributed by atoms with Crippen LogP contribution in [0.15, 0.2) is 42.6 Å². The molecule has 19 heavy (non-hydrogen) atoms. The van der Waals surface area contributed by atoms with Crippen molar-refractivity contribution in [1.29, 1.82) is 0 Å². The monoisotopic (exact) mass is 294 g/mol. The maximum atomic E-state index is 6.12. The van der Waals surface area contributed by atoms with Gasteiger partial charge in [0.2, 0.25) is 0 Å². The summed E-state index contributed by atoms with van der Waals surface area (Å²) in [7, 11) is 0. The quantitative estimate of drug-likeness (QED) is 0.887. The molecule has 0 spiro atoms. The Morgan fingerprint density at radius 2 is 1.89 bits per heavy atom. The Labute approximate surface area is 123 Å². The van der Waals surface area contributed by atoms with Crippen LogP contribution >= 0.6 is 23.2 Å². The first-order chi connectivity index (χ1) is 9.16. The van der Waals surface area contributed by atoms with Gasteiger partial charge >= 0.3 is 0 Å². The normalized spacial score (nSPS) is 12.4. The van der Waals surface area contributed by atoms with E-state index in [-0.39, 0.29) is 6.04 Å². The van der Waals surface area contributed by atoms with Gasteiger partial charge in [0.05, 0.1) is 15.7 Å². The lowest BCUT2D eigenvalue weighted by atomic mass is 10.0. The molecule has 2 rings (SSSR count). The number of halogens is 2. The molecule has 1 unspecified atom stereocenters. The Kier molecular flexibility index (Phi) is 5.20. The number of aromatic nitrogens is 1. The van der Waals surface area contributed by atoms with Gasteiger partial charge < -0.3 is 5.73 Å². The molecule has 0 saturated heterocycles. The van der Waals surface area contributed by atoms with E-state index in [0.717, 1.165) is 25.0 Å². The molecule has 2 N–H and O–H groups in total. The van der Waals surface area contributed by atoms with Crippen molar-refractivity contribution in [2.45, 2.75) is 25.3 Å². The molecular weight excluding hydrogens is 279 g/mol.